The number of sulfonamides is 1. The Hall–Kier alpha value is -2.17. The number of aromatic nitrogens is 2. The van der Waals surface area contributed by atoms with Crippen LogP contribution in [0, 0.1) is 11.3 Å². The highest BCUT2D eigenvalue weighted by molar-refractivity contribution is 7.89. The lowest BCUT2D eigenvalue weighted by molar-refractivity contribution is 0.0718. The maximum Gasteiger partial charge on any atom is 0.213 e. The molecule has 0 atom stereocenters. The summed E-state index contributed by atoms with van der Waals surface area (Å²) in [6.45, 7) is 24.1. The molecule has 2 heterocycles. The van der Waals surface area contributed by atoms with Gasteiger partial charge in [0.1, 0.15) is 5.54 Å². The standard InChI is InChI=1S/C19H26N4O2S.3C2H6/c1-6-8-18(15(3)4)16(5)17-11-21-23(12-17)19(9-10-20)13-22(14-19)26(24,25)7-2;3*1-2/h6,8,11-12H,3,7,9,13-14H2,1-2,4-5H3;3*1-2H3/b8-6-,18-16+;;;. The third kappa shape index (κ3) is 7.75. The molecule has 182 valence electrons. The molecular formula is C25H44N4O2S. The van der Waals surface area contributed by atoms with Gasteiger partial charge >= 0.3 is 0 Å². The quantitative estimate of drug-likeness (QED) is 0.453. The molecule has 0 amide bonds. The summed E-state index contributed by atoms with van der Waals surface area (Å²) in [5.41, 5.74) is 3.40. The minimum atomic E-state index is -3.25. The first-order valence-corrected chi connectivity index (χ1v) is 13.2. The third-order valence-electron chi connectivity index (χ3n) is 4.81. The van der Waals surface area contributed by atoms with Crippen molar-refractivity contribution in [1.29, 1.82) is 5.26 Å². The highest BCUT2D eigenvalue weighted by Gasteiger charge is 2.49. The molecule has 2 rings (SSSR count). The first-order chi connectivity index (χ1) is 15.2. The molecule has 1 fully saturated rings. The van der Waals surface area contributed by atoms with Gasteiger partial charge in [-0.3, -0.25) is 4.68 Å². The molecule has 1 aromatic rings. The van der Waals surface area contributed by atoms with Crippen molar-refractivity contribution in [3.05, 3.63) is 47.8 Å². The molecule has 1 saturated heterocycles. The van der Waals surface area contributed by atoms with Crippen LogP contribution in [0.5, 0.6) is 0 Å². The highest BCUT2D eigenvalue weighted by Crippen LogP contribution is 2.35. The molecule has 1 aliphatic heterocycles. The van der Waals surface area contributed by atoms with E-state index in [1.54, 1.807) is 17.8 Å². The number of rotatable bonds is 7. The van der Waals surface area contributed by atoms with E-state index in [1.165, 1.54) is 4.31 Å². The maximum atomic E-state index is 12.0. The van der Waals surface area contributed by atoms with Gasteiger partial charge in [-0.2, -0.15) is 14.7 Å². The molecular weight excluding hydrogens is 420 g/mol. The number of hydrogen-bond donors (Lipinski definition) is 0. The van der Waals surface area contributed by atoms with Gasteiger partial charge in [0.25, 0.3) is 0 Å². The summed E-state index contributed by atoms with van der Waals surface area (Å²) in [6, 6.07) is 2.18. The summed E-state index contributed by atoms with van der Waals surface area (Å²) < 4.78 is 27.3. The van der Waals surface area contributed by atoms with Crippen molar-refractivity contribution >= 4 is 15.6 Å². The van der Waals surface area contributed by atoms with Crippen LogP contribution in [0.1, 0.15) is 81.2 Å². The zero-order chi connectivity index (χ0) is 25.5. The van der Waals surface area contributed by atoms with Crippen LogP contribution in [0.15, 0.2) is 42.3 Å². The summed E-state index contributed by atoms with van der Waals surface area (Å²) >= 11 is 0. The molecule has 0 aliphatic carbocycles. The lowest BCUT2D eigenvalue weighted by Gasteiger charge is -2.47. The Kier molecular flexibility index (Phi) is 15.6. The fraction of sp³-hybridized carbons (Fsp3) is 0.600. The van der Waals surface area contributed by atoms with Crippen LogP contribution < -0.4 is 0 Å². The van der Waals surface area contributed by atoms with E-state index in [2.05, 4.69) is 17.7 Å². The lowest BCUT2D eigenvalue weighted by atomic mass is 9.89. The van der Waals surface area contributed by atoms with Crippen LogP contribution in [0.25, 0.3) is 5.57 Å². The summed E-state index contributed by atoms with van der Waals surface area (Å²) in [5.74, 6) is 0.0627. The Morgan fingerprint density at radius 3 is 2.16 bits per heavy atom. The van der Waals surface area contributed by atoms with Crippen LogP contribution in [0.2, 0.25) is 0 Å². The molecule has 0 N–H and O–H groups in total. The zero-order valence-corrected chi connectivity index (χ0v) is 22.7. The Morgan fingerprint density at radius 2 is 1.75 bits per heavy atom. The van der Waals surface area contributed by atoms with E-state index < -0.39 is 15.6 Å². The number of allylic oxidation sites excluding steroid dienone is 5. The smallest absolute Gasteiger partial charge is 0.213 e. The van der Waals surface area contributed by atoms with E-state index in [4.69, 9.17) is 0 Å². The highest BCUT2D eigenvalue weighted by atomic mass is 32.2. The van der Waals surface area contributed by atoms with E-state index in [9.17, 15) is 13.7 Å². The number of nitriles is 1. The van der Waals surface area contributed by atoms with Crippen molar-refractivity contribution in [3.8, 4) is 6.07 Å². The minimum absolute atomic E-state index is 0.0627. The molecule has 0 radical (unpaired) electrons. The van der Waals surface area contributed by atoms with Crippen molar-refractivity contribution in [1.82, 2.24) is 14.1 Å². The fourth-order valence-electron chi connectivity index (χ4n) is 3.16. The molecule has 0 spiro atoms. The monoisotopic (exact) mass is 464 g/mol. The van der Waals surface area contributed by atoms with Crippen LogP contribution in [-0.4, -0.2) is 41.3 Å². The van der Waals surface area contributed by atoms with Gasteiger partial charge in [-0.1, -0.05) is 65.8 Å². The summed E-state index contributed by atoms with van der Waals surface area (Å²) in [5, 5.41) is 13.7. The van der Waals surface area contributed by atoms with Gasteiger partial charge in [0, 0.05) is 24.8 Å². The van der Waals surface area contributed by atoms with Gasteiger partial charge in [0.15, 0.2) is 0 Å². The van der Waals surface area contributed by atoms with E-state index in [1.807, 2.05) is 80.7 Å². The molecule has 0 saturated carbocycles. The summed E-state index contributed by atoms with van der Waals surface area (Å²) in [4.78, 5) is 0. The molecule has 0 unspecified atom stereocenters. The second-order valence-corrected chi connectivity index (χ2v) is 8.98. The number of nitrogens with zero attached hydrogens (tertiary/aromatic N) is 4. The third-order valence-corrected chi connectivity index (χ3v) is 6.58. The normalized spacial score (nSPS) is 15.4. The zero-order valence-electron chi connectivity index (χ0n) is 21.9. The minimum Gasteiger partial charge on any atom is -0.262 e. The van der Waals surface area contributed by atoms with Crippen LogP contribution >= 0.6 is 0 Å². The molecule has 1 aromatic heterocycles. The first kappa shape index (κ1) is 32.0. The molecule has 0 bridgehead atoms. The predicted molar refractivity (Wildman–Crippen MR) is 138 cm³/mol. The molecule has 6 nitrogen and oxygen atoms in total. The largest absolute Gasteiger partial charge is 0.262 e. The van der Waals surface area contributed by atoms with E-state index in [0.29, 0.717) is 0 Å². The van der Waals surface area contributed by atoms with Crippen LogP contribution in [0.4, 0.5) is 0 Å². The van der Waals surface area contributed by atoms with Gasteiger partial charge in [-0.05, 0) is 38.8 Å². The van der Waals surface area contributed by atoms with Crippen LogP contribution in [0.3, 0.4) is 0 Å². The Balaban J connectivity index is 0. The van der Waals surface area contributed by atoms with E-state index >= 15 is 0 Å². The Bertz CT molecular complexity index is 897. The Labute approximate surface area is 197 Å². The van der Waals surface area contributed by atoms with Crippen molar-refractivity contribution in [2.24, 2.45) is 0 Å². The van der Waals surface area contributed by atoms with Crippen molar-refractivity contribution in [2.45, 2.75) is 81.2 Å². The van der Waals surface area contributed by atoms with Gasteiger partial charge in [-0.25, -0.2) is 8.42 Å². The fourth-order valence-corrected chi connectivity index (χ4v) is 4.40. The van der Waals surface area contributed by atoms with Crippen molar-refractivity contribution in [3.63, 3.8) is 0 Å². The average molecular weight is 465 g/mol. The lowest BCUT2D eigenvalue weighted by Crippen LogP contribution is -2.64. The van der Waals surface area contributed by atoms with E-state index in [0.717, 1.165) is 22.3 Å². The molecule has 0 aromatic carbocycles. The second kappa shape index (κ2) is 15.6. The van der Waals surface area contributed by atoms with E-state index in [-0.39, 0.29) is 25.3 Å². The molecule has 1 aliphatic rings. The molecule has 7 heteroatoms. The predicted octanol–water partition coefficient (Wildman–Crippen LogP) is 6.16. The summed E-state index contributed by atoms with van der Waals surface area (Å²) in [6.07, 6.45) is 7.86. The van der Waals surface area contributed by atoms with Crippen LogP contribution in [-0.2, 0) is 15.6 Å². The van der Waals surface area contributed by atoms with Crippen molar-refractivity contribution in [2.75, 3.05) is 18.8 Å². The first-order valence-electron chi connectivity index (χ1n) is 11.6. The van der Waals surface area contributed by atoms with Crippen molar-refractivity contribution < 1.29 is 8.42 Å². The second-order valence-electron chi connectivity index (χ2n) is 6.72. The van der Waals surface area contributed by atoms with Gasteiger partial charge < -0.3 is 0 Å². The topological polar surface area (TPSA) is 79.0 Å². The van der Waals surface area contributed by atoms with Gasteiger partial charge in [0.2, 0.25) is 10.0 Å². The number of hydrogen-bond acceptors (Lipinski definition) is 4. The molecule has 32 heavy (non-hydrogen) atoms. The average Bonchev–Trinajstić information content (AvgIpc) is 3.28. The van der Waals surface area contributed by atoms with Gasteiger partial charge in [-0.15, -0.1) is 0 Å². The van der Waals surface area contributed by atoms with Gasteiger partial charge in [0.05, 0.1) is 24.4 Å². The Morgan fingerprint density at radius 1 is 1.22 bits per heavy atom. The summed E-state index contributed by atoms with van der Waals surface area (Å²) in [7, 11) is -3.25. The SMILES string of the molecule is C=C(C)C(/C=C\C)=C(\C)c1cnn(C2(CC#N)CN(S(=O)(=O)CC)C2)c1.CC.CC.CC. The maximum absolute atomic E-state index is 12.0.